The van der Waals surface area contributed by atoms with Crippen LogP contribution in [0, 0.1) is 0 Å². The Balaban J connectivity index is 3.47. The Morgan fingerprint density at radius 2 is 2.15 bits per heavy atom. The van der Waals surface area contributed by atoms with Crippen LogP contribution >= 0.6 is 23.2 Å². The van der Waals surface area contributed by atoms with Crippen LogP contribution in [0.15, 0.2) is 6.07 Å². The van der Waals surface area contributed by atoms with Crippen LogP contribution in [0.4, 0.5) is 0 Å². The third kappa shape index (κ3) is 1.71. The summed E-state index contributed by atoms with van der Waals surface area (Å²) in [4.78, 5) is 10.5. The van der Waals surface area contributed by atoms with E-state index in [2.05, 4.69) is 0 Å². The molecule has 0 aliphatic carbocycles. The van der Waals surface area contributed by atoms with Gasteiger partial charge in [0.15, 0.2) is 17.8 Å². The van der Waals surface area contributed by atoms with Crippen LogP contribution in [0.1, 0.15) is 10.4 Å². The smallest absolute Gasteiger partial charge is 0.156 e. The first-order chi connectivity index (χ1) is 6.11. The third-order valence-corrected chi connectivity index (χ3v) is 2.15. The summed E-state index contributed by atoms with van der Waals surface area (Å²) in [5, 5.41) is 9.24. The van der Waals surface area contributed by atoms with Crippen molar-refractivity contribution in [1.29, 1.82) is 0 Å². The fourth-order valence-electron chi connectivity index (χ4n) is 0.905. The summed E-state index contributed by atoms with van der Waals surface area (Å²) in [5.74, 6) is -0.163. The van der Waals surface area contributed by atoms with Crippen molar-refractivity contribution in [3.05, 3.63) is 21.7 Å². The normalized spacial score (nSPS) is 9.77. The topological polar surface area (TPSA) is 46.5 Å². The molecule has 1 N–H and O–H groups in total. The van der Waals surface area contributed by atoms with E-state index in [4.69, 9.17) is 27.9 Å². The van der Waals surface area contributed by atoms with Gasteiger partial charge in [0, 0.05) is 0 Å². The highest BCUT2D eigenvalue weighted by Gasteiger charge is 2.15. The van der Waals surface area contributed by atoms with Crippen LogP contribution < -0.4 is 4.74 Å². The van der Waals surface area contributed by atoms with E-state index in [1.54, 1.807) is 0 Å². The minimum atomic E-state index is -0.286. The number of phenols is 1. The maximum atomic E-state index is 10.5. The van der Waals surface area contributed by atoms with Gasteiger partial charge in [0.05, 0.1) is 17.7 Å². The van der Waals surface area contributed by atoms with Gasteiger partial charge in [-0.2, -0.15) is 0 Å². The van der Waals surface area contributed by atoms with Crippen LogP contribution in [-0.4, -0.2) is 18.5 Å². The predicted octanol–water partition coefficient (Wildman–Crippen LogP) is 2.52. The zero-order chi connectivity index (χ0) is 10.0. The molecular weight excluding hydrogens is 215 g/mol. The Labute approximate surface area is 84.8 Å². The molecule has 0 atom stereocenters. The quantitative estimate of drug-likeness (QED) is 0.780. The van der Waals surface area contributed by atoms with Crippen molar-refractivity contribution in [3.63, 3.8) is 0 Å². The first-order valence-electron chi connectivity index (χ1n) is 3.32. The Kier molecular flexibility index (Phi) is 3.01. The van der Waals surface area contributed by atoms with Crippen molar-refractivity contribution in [2.75, 3.05) is 7.11 Å². The number of phenolic OH excluding ortho intramolecular Hbond substituents is 1. The molecule has 0 aliphatic heterocycles. The number of carbonyl (C=O) groups excluding carboxylic acids is 1. The highest BCUT2D eigenvalue weighted by Crippen LogP contribution is 2.40. The van der Waals surface area contributed by atoms with Gasteiger partial charge in [-0.05, 0) is 6.07 Å². The Morgan fingerprint density at radius 1 is 1.54 bits per heavy atom. The fourth-order valence-corrected chi connectivity index (χ4v) is 1.45. The summed E-state index contributed by atoms with van der Waals surface area (Å²) in [6, 6.07) is 1.29. The van der Waals surface area contributed by atoms with Crippen molar-refractivity contribution in [1.82, 2.24) is 0 Å². The van der Waals surface area contributed by atoms with Crippen LogP contribution in [0.25, 0.3) is 0 Å². The number of halogens is 2. The number of hydrogen-bond acceptors (Lipinski definition) is 3. The maximum absolute atomic E-state index is 10.5. The number of aromatic hydroxyl groups is 1. The van der Waals surface area contributed by atoms with Gasteiger partial charge >= 0.3 is 0 Å². The summed E-state index contributed by atoms with van der Waals surface area (Å²) < 4.78 is 4.82. The van der Waals surface area contributed by atoms with Crippen LogP contribution in [0.3, 0.4) is 0 Å². The first kappa shape index (κ1) is 10.2. The molecule has 0 heterocycles. The molecule has 0 radical (unpaired) electrons. The zero-order valence-corrected chi connectivity index (χ0v) is 8.19. The average molecular weight is 221 g/mol. The van der Waals surface area contributed by atoms with E-state index < -0.39 is 0 Å². The summed E-state index contributed by atoms with van der Waals surface area (Å²) in [6.07, 6.45) is 0.552. The van der Waals surface area contributed by atoms with Gasteiger partial charge < -0.3 is 9.84 Å². The Bertz CT molecular complexity index is 350. The van der Waals surface area contributed by atoms with Crippen molar-refractivity contribution in [2.24, 2.45) is 0 Å². The highest BCUT2D eigenvalue weighted by atomic mass is 35.5. The minimum Gasteiger partial charge on any atom is -0.505 e. The molecule has 1 rings (SSSR count). The van der Waals surface area contributed by atoms with Crippen LogP contribution in [0.2, 0.25) is 10.0 Å². The number of carbonyl (C=O) groups is 1. The molecule has 0 saturated heterocycles. The molecular formula is C8H6Cl2O3. The molecule has 5 heteroatoms. The Morgan fingerprint density at radius 3 is 2.62 bits per heavy atom. The number of hydrogen-bond donors (Lipinski definition) is 1. The third-order valence-electron chi connectivity index (χ3n) is 1.51. The van der Waals surface area contributed by atoms with E-state index in [9.17, 15) is 9.90 Å². The van der Waals surface area contributed by atoms with Crippen LogP contribution in [0.5, 0.6) is 11.5 Å². The average Bonchev–Trinajstić information content (AvgIpc) is 2.13. The van der Waals surface area contributed by atoms with Crippen molar-refractivity contribution in [2.45, 2.75) is 0 Å². The summed E-state index contributed by atoms with van der Waals surface area (Å²) >= 11 is 11.2. The largest absolute Gasteiger partial charge is 0.505 e. The summed E-state index contributed by atoms with van der Waals surface area (Å²) in [6.45, 7) is 0. The lowest BCUT2D eigenvalue weighted by molar-refractivity contribution is 0.112. The van der Waals surface area contributed by atoms with Gasteiger partial charge in [-0.25, -0.2) is 0 Å². The zero-order valence-electron chi connectivity index (χ0n) is 6.67. The molecule has 70 valence electrons. The molecule has 13 heavy (non-hydrogen) atoms. The van der Waals surface area contributed by atoms with Gasteiger partial charge in [0.2, 0.25) is 0 Å². The second-order valence-corrected chi connectivity index (χ2v) is 3.05. The monoisotopic (exact) mass is 220 g/mol. The lowest BCUT2D eigenvalue weighted by Crippen LogP contribution is -1.92. The van der Waals surface area contributed by atoms with Crippen molar-refractivity contribution >= 4 is 29.5 Å². The Hall–Kier alpha value is -0.930. The van der Waals surface area contributed by atoms with E-state index in [1.165, 1.54) is 13.2 Å². The maximum Gasteiger partial charge on any atom is 0.156 e. The predicted molar refractivity (Wildman–Crippen MR) is 50.1 cm³/mol. The van der Waals surface area contributed by atoms with Gasteiger partial charge in [-0.1, -0.05) is 23.2 Å². The van der Waals surface area contributed by atoms with E-state index >= 15 is 0 Å². The SMILES string of the molecule is COc1c(C=O)cc(Cl)c(O)c1Cl. The molecule has 0 aliphatic rings. The van der Waals surface area contributed by atoms with Crippen LogP contribution in [-0.2, 0) is 0 Å². The molecule has 0 bridgehead atoms. The lowest BCUT2D eigenvalue weighted by Gasteiger charge is -2.08. The number of aldehydes is 1. The number of rotatable bonds is 2. The molecule has 0 unspecified atom stereocenters. The second kappa shape index (κ2) is 3.85. The van der Waals surface area contributed by atoms with Gasteiger partial charge in [0.1, 0.15) is 5.02 Å². The molecule has 0 spiro atoms. The number of benzene rings is 1. The second-order valence-electron chi connectivity index (χ2n) is 2.26. The molecule has 0 saturated carbocycles. The highest BCUT2D eigenvalue weighted by molar-refractivity contribution is 6.38. The first-order valence-corrected chi connectivity index (χ1v) is 4.07. The fraction of sp³-hybridized carbons (Fsp3) is 0.125. The lowest BCUT2D eigenvalue weighted by atomic mass is 10.2. The minimum absolute atomic E-state index is 0.0212. The summed E-state index contributed by atoms with van der Waals surface area (Å²) in [7, 11) is 1.35. The van der Waals surface area contributed by atoms with E-state index in [-0.39, 0.29) is 27.1 Å². The van der Waals surface area contributed by atoms with E-state index in [1.807, 2.05) is 0 Å². The number of ether oxygens (including phenoxy) is 1. The van der Waals surface area contributed by atoms with Gasteiger partial charge in [-0.3, -0.25) is 4.79 Å². The molecule has 3 nitrogen and oxygen atoms in total. The number of methoxy groups -OCH3 is 1. The standard InChI is InChI=1S/C8H6Cl2O3/c1-13-8-4(3-11)2-5(9)7(12)6(8)10/h2-3,12H,1H3. The molecule has 0 fully saturated rings. The van der Waals surface area contributed by atoms with E-state index in [0.29, 0.717) is 6.29 Å². The summed E-state index contributed by atoms with van der Waals surface area (Å²) in [5.41, 5.74) is 0.204. The molecule has 0 amide bonds. The van der Waals surface area contributed by atoms with E-state index in [0.717, 1.165) is 0 Å². The molecule has 1 aromatic carbocycles. The van der Waals surface area contributed by atoms with Crippen molar-refractivity contribution in [3.8, 4) is 11.5 Å². The van der Waals surface area contributed by atoms with Gasteiger partial charge in [0.25, 0.3) is 0 Å². The van der Waals surface area contributed by atoms with Gasteiger partial charge in [-0.15, -0.1) is 0 Å². The molecule has 1 aromatic rings. The van der Waals surface area contributed by atoms with Crippen molar-refractivity contribution < 1.29 is 14.6 Å². The molecule has 0 aromatic heterocycles.